The number of fused-ring (bicyclic) bond motifs is 3. The first-order valence-corrected chi connectivity index (χ1v) is 13.8. The van der Waals surface area contributed by atoms with Crippen LogP contribution in [-0.4, -0.2) is 99.1 Å². The van der Waals surface area contributed by atoms with Crippen molar-refractivity contribution >= 4 is 23.1 Å². The summed E-state index contributed by atoms with van der Waals surface area (Å²) in [6.07, 6.45) is -5.37. The lowest BCUT2D eigenvalue weighted by atomic mass is 9.72. The third-order valence-electron chi connectivity index (χ3n) is 8.37. The molecule has 3 aliphatic rings. The standard InChI is InChI=1S/C30H33NO12/c1-12(33)10-31-16-7-20(42-13(2)25(16)35)43-18-9-30(40,19(34)11-32)8-15-22(18)29(39)24-23(27(15)37)26(36)14-5-4-6-17(41-3)21(14)28(24)38/h4-6,13,16,18,20,25,31-32,35,37,39-40H,7-11H2,1-3H3/t13?,16?,18-,20?,25?,30-/m0/s1. The number of rotatable bonds is 8. The highest BCUT2D eigenvalue weighted by Gasteiger charge is 2.50. The van der Waals surface area contributed by atoms with Crippen LogP contribution in [0, 0.1) is 0 Å². The maximum absolute atomic E-state index is 13.8. The molecular formula is C30H33NO12. The number of carbonyl (C=O) groups is 4. The van der Waals surface area contributed by atoms with Gasteiger partial charge in [0.05, 0.1) is 48.7 Å². The first kappa shape index (κ1) is 30.7. The number of aliphatic hydroxyl groups excluding tert-OH is 2. The predicted molar refractivity (Wildman–Crippen MR) is 146 cm³/mol. The molecule has 2 aliphatic carbocycles. The van der Waals surface area contributed by atoms with Crippen molar-refractivity contribution in [1.29, 1.82) is 0 Å². The van der Waals surface area contributed by atoms with Gasteiger partial charge in [-0.3, -0.25) is 19.2 Å². The van der Waals surface area contributed by atoms with E-state index in [1.807, 2.05) is 0 Å². The quantitative estimate of drug-likeness (QED) is 0.192. The van der Waals surface area contributed by atoms with Gasteiger partial charge in [0, 0.05) is 42.0 Å². The molecule has 6 N–H and O–H groups in total. The van der Waals surface area contributed by atoms with E-state index in [4.69, 9.17) is 14.2 Å². The van der Waals surface area contributed by atoms with E-state index in [0.717, 1.165) is 0 Å². The van der Waals surface area contributed by atoms with Gasteiger partial charge in [-0.1, -0.05) is 12.1 Å². The number of phenols is 2. The molecule has 1 heterocycles. The number of hydrogen-bond acceptors (Lipinski definition) is 13. The normalized spacial score (nSPS) is 28.1. The highest BCUT2D eigenvalue weighted by Crippen LogP contribution is 2.52. The predicted octanol–water partition coefficient (Wildman–Crippen LogP) is 0.221. The van der Waals surface area contributed by atoms with E-state index in [0.29, 0.717) is 0 Å². The summed E-state index contributed by atoms with van der Waals surface area (Å²) in [5.41, 5.74) is -3.78. The van der Waals surface area contributed by atoms with Gasteiger partial charge in [-0.25, -0.2) is 0 Å². The van der Waals surface area contributed by atoms with Gasteiger partial charge in [0.15, 0.2) is 17.9 Å². The van der Waals surface area contributed by atoms with E-state index in [1.165, 1.54) is 32.2 Å². The SMILES string of the molecule is COc1cccc2c1C(=O)c1c(O)c3c(c(O)c1C2=O)C[C@@](O)(C(=O)CO)C[C@@H]3OC1CC(NCC(C)=O)C(O)C(C)O1. The van der Waals surface area contributed by atoms with E-state index >= 15 is 0 Å². The summed E-state index contributed by atoms with van der Waals surface area (Å²) >= 11 is 0. The Balaban J connectivity index is 1.62. The second kappa shape index (κ2) is 11.4. The van der Waals surface area contributed by atoms with Crippen molar-refractivity contribution in [3.05, 3.63) is 51.6 Å². The lowest BCUT2D eigenvalue weighted by Gasteiger charge is -2.43. The number of ether oxygens (including phenoxy) is 3. The molecule has 1 aliphatic heterocycles. The highest BCUT2D eigenvalue weighted by atomic mass is 16.7. The Labute approximate surface area is 246 Å². The molecule has 2 aromatic carbocycles. The van der Waals surface area contributed by atoms with E-state index in [1.54, 1.807) is 6.92 Å². The summed E-state index contributed by atoms with van der Waals surface area (Å²) in [5.74, 6) is -4.05. The molecular weight excluding hydrogens is 566 g/mol. The molecule has 4 unspecified atom stereocenters. The summed E-state index contributed by atoms with van der Waals surface area (Å²) in [6, 6.07) is 3.70. The number of aliphatic hydroxyl groups is 3. The molecule has 13 heteroatoms. The number of carbonyl (C=O) groups excluding carboxylic acids is 4. The van der Waals surface area contributed by atoms with Crippen LogP contribution in [0.4, 0.5) is 0 Å². The van der Waals surface area contributed by atoms with Crippen molar-refractivity contribution in [3.8, 4) is 17.2 Å². The molecule has 13 nitrogen and oxygen atoms in total. The number of ketones is 4. The van der Waals surface area contributed by atoms with Crippen molar-refractivity contribution in [2.24, 2.45) is 0 Å². The average molecular weight is 600 g/mol. The Morgan fingerprint density at radius 2 is 1.81 bits per heavy atom. The van der Waals surface area contributed by atoms with Crippen LogP contribution in [0.15, 0.2) is 18.2 Å². The number of benzene rings is 2. The molecule has 5 rings (SSSR count). The summed E-state index contributed by atoms with van der Waals surface area (Å²) in [5, 5.41) is 57.5. The topological polar surface area (TPSA) is 209 Å². The van der Waals surface area contributed by atoms with Crippen LogP contribution in [-0.2, 0) is 25.5 Å². The Kier molecular flexibility index (Phi) is 8.15. The summed E-state index contributed by atoms with van der Waals surface area (Å²) < 4.78 is 17.3. The van der Waals surface area contributed by atoms with Crippen LogP contribution in [0.2, 0.25) is 0 Å². The van der Waals surface area contributed by atoms with Crippen LogP contribution < -0.4 is 10.1 Å². The lowest BCUT2D eigenvalue weighted by molar-refractivity contribution is -0.249. The van der Waals surface area contributed by atoms with E-state index < -0.39 is 95.7 Å². The second-order valence-corrected chi connectivity index (χ2v) is 11.2. The van der Waals surface area contributed by atoms with Gasteiger partial charge in [0.25, 0.3) is 0 Å². The highest BCUT2D eigenvalue weighted by molar-refractivity contribution is 6.31. The lowest BCUT2D eigenvalue weighted by Crippen LogP contribution is -2.55. The number of Topliss-reactive ketones (excluding diaryl/α,β-unsaturated/α-hetero) is 2. The van der Waals surface area contributed by atoms with Crippen molar-refractivity contribution < 1.29 is 58.9 Å². The fraction of sp³-hybridized carbons (Fsp3) is 0.467. The smallest absolute Gasteiger partial charge is 0.202 e. The minimum absolute atomic E-state index is 0.0106. The molecule has 1 saturated heterocycles. The minimum Gasteiger partial charge on any atom is -0.507 e. The van der Waals surface area contributed by atoms with E-state index in [2.05, 4.69) is 5.32 Å². The van der Waals surface area contributed by atoms with Crippen molar-refractivity contribution in [3.63, 3.8) is 0 Å². The molecule has 0 saturated carbocycles. The zero-order valence-electron chi connectivity index (χ0n) is 23.7. The zero-order valence-corrected chi connectivity index (χ0v) is 23.7. The van der Waals surface area contributed by atoms with Crippen LogP contribution in [0.1, 0.15) is 75.8 Å². The Bertz CT molecular complexity index is 1520. The maximum atomic E-state index is 13.8. The zero-order chi connectivity index (χ0) is 31.4. The minimum atomic E-state index is -2.28. The monoisotopic (exact) mass is 599 g/mol. The number of phenolic OH excluding ortho intramolecular Hbond substituents is 2. The van der Waals surface area contributed by atoms with Crippen molar-refractivity contribution in [2.45, 2.75) is 69.4 Å². The Hall–Kier alpha value is -3.72. The molecule has 230 valence electrons. The van der Waals surface area contributed by atoms with Crippen LogP contribution in [0.5, 0.6) is 17.2 Å². The summed E-state index contributed by atoms with van der Waals surface area (Å²) in [4.78, 5) is 51.6. The van der Waals surface area contributed by atoms with Crippen LogP contribution in [0.3, 0.4) is 0 Å². The third kappa shape index (κ3) is 5.11. The maximum Gasteiger partial charge on any atom is 0.202 e. The van der Waals surface area contributed by atoms with Gasteiger partial charge < -0.3 is 45.1 Å². The van der Waals surface area contributed by atoms with Crippen LogP contribution in [0.25, 0.3) is 0 Å². The molecule has 0 aromatic heterocycles. The number of nitrogens with one attached hydrogen (secondary N) is 1. The first-order chi connectivity index (χ1) is 20.3. The molecule has 43 heavy (non-hydrogen) atoms. The Morgan fingerprint density at radius 3 is 2.47 bits per heavy atom. The van der Waals surface area contributed by atoms with Crippen molar-refractivity contribution in [1.82, 2.24) is 5.32 Å². The molecule has 6 atom stereocenters. The summed E-state index contributed by atoms with van der Waals surface area (Å²) in [7, 11) is 1.32. The molecule has 2 aromatic rings. The van der Waals surface area contributed by atoms with E-state index in [9.17, 15) is 44.7 Å². The van der Waals surface area contributed by atoms with Gasteiger partial charge in [0.1, 0.15) is 35.2 Å². The van der Waals surface area contributed by atoms with Crippen molar-refractivity contribution in [2.75, 3.05) is 20.3 Å². The van der Waals surface area contributed by atoms with Gasteiger partial charge in [-0.05, 0) is 19.9 Å². The summed E-state index contributed by atoms with van der Waals surface area (Å²) in [6.45, 7) is 1.89. The largest absolute Gasteiger partial charge is 0.507 e. The van der Waals surface area contributed by atoms with Gasteiger partial charge in [-0.15, -0.1) is 0 Å². The number of hydrogen-bond donors (Lipinski definition) is 6. The average Bonchev–Trinajstić information content (AvgIpc) is 2.97. The van der Waals surface area contributed by atoms with Gasteiger partial charge in [-0.2, -0.15) is 0 Å². The first-order valence-electron chi connectivity index (χ1n) is 13.8. The third-order valence-corrected chi connectivity index (χ3v) is 8.37. The Morgan fingerprint density at radius 1 is 1.12 bits per heavy atom. The molecule has 0 amide bonds. The fourth-order valence-corrected chi connectivity index (χ4v) is 6.19. The number of methoxy groups -OCH3 is 1. The van der Waals surface area contributed by atoms with Gasteiger partial charge >= 0.3 is 0 Å². The molecule has 1 fully saturated rings. The molecule has 0 bridgehead atoms. The fourth-order valence-electron chi connectivity index (χ4n) is 6.19. The molecule has 0 spiro atoms. The molecule has 0 radical (unpaired) electrons. The van der Waals surface area contributed by atoms with E-state index in [-0.39, 0.29) is 46.8 Å². The number of aromatic hydroxyl groups is 2. The van der Waals surface area contributed by atoms with Crippen LogP contribution >= 0.6 is 0 Å². The second-order valence-electron chi connectivity index (χ2n) is 11.2. The van der Waals surface area contributed by atoms with Gasteiger partial charge in [0.2, 0.25) is 5.78 Å².